The van der Waals surface area contributed by atoms with Crippen LogP contribution in [0.4, 0.5) is 13.2 Å². The fraction of sp³-hybridized carbons (Fsp3) is 0.250. The number of alkyl halides is 3. The number of carboxylic acid groups (broad SMARTS) is 2. The molecule has 0 bridgehead atoms. The zero-order chi connectivity index (χ0) is 30.3. The Morgan fingerprint density at radius 2 is 1.54 bits per heavy atom. The first-order valence-electron chi connectivity index (χ1n) is 12.1. The number of likely N-dealkylation sites (tertiary alicyclic amines) is 1. The Morgan fingerprint density at radius 3 is 2.07 bits per heavy atom. The number of fused-ring (bicyclic) bond motifs is 1. The Labute approximate surface area is 231 Å². The molecule has 2 N–H and O–H groups in total. The summed E-state index contributed by atoms with van der Waals surface area (Å²) in [6, 6.07) is 9.94. The molecule has 10 nitrogen and oxygen atoms in total. The number of halogens is 3. The van der Waals surface area contributed by atoms with E-state index < -0.39 is 18.1 Å². The highest BCUT2D eigenvalue weighted by Crippen LogP contribution is 2.35. The van der Waals surface area contributed by atoms with Crippen molar-refractivity contribution in [2.24, 2.45) is 0 Å². The van der Waals surface area contributed by atoms with Crippen molar-refractivity contribution in [3.05, 3.63) is 71.1 Å². The standard InChI is InChI=1S/C26H24N2O6.C2HF3O2/c1-33-21-13-18-19(14-22(21)34-2)24(27-15-20(18)26(31)32)25(30)17-7-5-6-16(12-17)8-9-23(29)28-10-3-4-11-28;3-2(4,5)1(6)7/h5-9,12-15H,3-4,10-11H2,1-2H3,(H,31,32);(H,6,7)/b9-8+;. The monoisotopic (exact) mass is 574 g/mol. The number of ether oxygens (including phenoxy) is 2. The number of methoxy groups -OCH3 is 2. The number of ketones is 1. The van der Waals surface area contributed by atoms with Crippen LogP contribution in [0.1, 0.15) is 44.8 Å². The molecule has 1 aromatic heterocycles. The molecule has 0 radical (unpaired) electrons. The Morgan fingerprint density at radius 1 is 0.951 bits per heavy atom. The number of hydrogen-bond donors (Lipinski definition) is 2. The minimum Gasteiger partial charge on any atom is -0.493 e. The molecule has 13 heteroatoms. The lowest BCUT2D eigenvalue weighted by atomic mass is 9.98. The number of hydrogen-bond acceptors (Lipinski definition) is 7. The topological polar surface area (TPSA) is 143 Å². The van der Waals surface area contributed by atoms with Gasteiger partial charge in [0.2, 0.25) is 11.7 Å². The van der Waals surface area contributed by atoms with Crippen LogP contribution >= 0.6 is 0 Å². The first kappa shape index (κ1) is 30.6. The normalized spacial score (nSPS) is 13.0. The quantitative estimate of drug-likeness (QED) is 0.309. The summed E-state index contributed by atoms with van der Waals surface area (Å²) in [5.41, 5.74) is 1.10. The molecular weight excluding hydrogens is 549 g/mol. The Bertz CT molecular complexity index is 1510. The Kier molecular flexibility index (Phi) is 9.66. The molecule has 1 amide bonds. The molecule has 2 aromatic carbocycles. The number of nitrogens with zero attached hydrogens (tertiary/aromatic N) is 2. The summed E-state index contributed by atoms with van der Waals surface area (Å²) in [7, 11) is 2.91. The summed E-state index contributed by atoms with van der Waals surface area (Å²) < 4.78 is 42.4. The van der Waals surface area contributed by atoms with Crippen LogP contribution in [-0.2, 0) is 9.59 Å². The van der Waals surface area contributed by atoms with Gasteiger partial charge in [0.05, 0.1) is 19.8 Å². The second kappa shape index (κ2) is 12.9. The third kappa shape index (κ3) is 7.38. The predicted molar refractivity (Wildman–Crippen MR) is 140 cm³/mol. The molecule has 1 aliphatic rings. The van der Waals surface area contributed by atoms with Gasteiger partial charge in [0, 0.05) is 41.7 Å². The van der Waals surface area contributed by atoms with E-state index >= 15 is 0 Å². The van der Waals surface area contributed by atoms with Crippen molar-refractivity contribution >= 4 is 40.5 Å². The second-order valence-electron chi connectivity index (χ2n) is 8.70. The number of aromatic carboxylic acids is 1. The Hall–Kier alpha value is -4.94. The van der Waals surface area contributed by atoms with Gasteiger partial charge in [-0.05, 0) is 42.7 Å². The van der Waals surface area contributed by atoms with Gasteiger partial charge in [0.1, 0.15) is 5.69 Å². The SMILES string of the molecule is COc1cc2c(C(=O)O)cnc(C(=O)c3cccc(/C=C/C(=O)N4CCCC4)c3)c2cc1OC.O=C(O)C(F)(F)F. The van der Waals surface area contributed by atoms with Crippen molar-refractivity contribution in [3.8, 4) is 11.5 Å². The molecular formula is C28H25F3N2O8. The lowest BCUT2D eigenvalue weighted by molar-refractivity contribution is -0.192. The number of aromatic nitrogens is 1. The fourth-order valence-corrected chi connectivity index (χ4v) is 4.05. The van der Waals surface area contributed by atoms with Crippen molar-refractivity contribution in [1.29, 1.82) is 0 Å². The zero-order valence-electron chi connectivity index (χ0n) is 21.9. The van der Waals surface area contributed by atoms with Gasteiger partial charge in [-0.25, -0.2) is 9.59 Å². The van der Waals surface area contributed by atoms with E-state index in [1.165, 1.54) is 32.6 Å². The van der Waals surface area contributed by atoms with E-state index in [4.69, 9.17) is 19.4 Å². The van der Waals surface area contributed by atoms with Crippen LogP contribution < -0.4 is 9.47 Å². The first-order chi connectivity index (χ1) is 19.4. The summed E-state index contributed by atoms with van der Waals surface area (Å²) in [6.07, 6.45) is 1.32. The number of rotatable bonds is 7. The maximum absolute atomic E-state index is 13.4. The third-order valence-corrected chi connectivity index (χ3v) is 6.06. The number of carbonyl (C=O) groups is 4. The van der Waals surface area contributed by atoms with Gasteiger partial charge in [0.25, 0.3) is 0 Å². The Balaban J connectivity index is 0.000000587. The average molecular weight is 575 g/mol. The number of amides is 1. The van der Waals surface area contributed by atoms with Crippen LogP contribution in [0.15, 0.2) is 48.7 Å². The van der Waals surface area contributed by atoms with Gasteiger partial charge in [0.15, 0.2) is 11.5 Å². The highest BCUT2D eigenvalue weighted by Gasteiger charge is 2.38. The van der Waals surface area contributed by atoms with Crippen LogP contribution in [0.25, 0.3) is 16.8 Å². The molecule has 0 atom stereocenters. The highest BCUT2D eigenvalue weighted by molar-refractivity contribution is 6.18. The van der Waals surface area contributed by atoms with Gasteiger partial charge in [-0.15, -0.1) is 0 Å². The molecule has 2 heterocycles. The molecule has 0 saturated carbocycles. The molecule has 0 unspecified atom stereocenters. The molecule has 41 heavy (non-hydrogen) atoms. The van der Waals surface area contributed by atoms with Gasteiger partial charge >= 0.3 is 18.1 Å². The number of benzene rings is 2. The molecule has 216 valence electrons. The van der Waals surface area contributed by atoms with Crippen LogP contribution in [0, 0.1) is 0 Å². The van der Waals surface area contributed by atoms with Crippen LogP contribution in [0.3, 0.4) is 0 Å². The minimum atomic E-state index is -5.08. The van der Waals surface area contributed by atoms with E-state index in [0.717, 1.165) is 25.9 Å². The summed E-state index contributed by atoms with van der Waals surface area (Å²) in [6.45, 7) is 1.53. The summed E-state index contributed by atoms with van der Waals surface area (Å²) >= 11 is 0. The smallest absolute Gasteiger partial charge is 0.490 e. The van der Waals surface area contributed by atoms with Crippen LogP contribution in [0.5, 0.6) is 11.5 Å². The molecule has 0 spiro atoms. The van der Waals surface area contributed by atoms with E-state index in [9.17, 15) is 32.7 Å². The van der Waals surface area contributed by atoms with E-state index in [2.05, 4.69) is 4.98 Å². The van der Waals surface area contributed by atoms with Gasteiger partial charge < -0.3 is 24.6 Å². The minimum absolute atomic E-state index is 0.0489. The zero-order valence-corrected chi connectivity index (χ0v) is 21.9. The van der Waals surface area contributed by atoms with Crippen molar-refractivity contribution in [2.75, 3.05) is 27.3 Å². The lowest BCUT2D eigenvalue weighted by Crippen LogP contribution is -2.25. The number of carboxylic acids is 2. The number of aliphatic carboxylic acids is 1. The lowest BCUT2D eigenvalue weighted by Gasteiger charge is -2.13. The van der Waals surface area contributed by atoms with Gasteiger partial charge in [-0.1, -0.05) is 18.2 Å². The summed E-state index contributed by atoms with van der Waals surface area (Å²) in [4.78, 5) is 52.3. The van der Waals surface area contributed by atoms with E-state index in [0.29, 0.717) is 33.4 Å². The average Bonchev–Trinajstić information content (AvgIpc) is 3.49. The second-order valence-corrected chi connectivity index (χ2v) is 8.70. The van der Waals surface area contributed by atoms with Crippen LogP contribution in [-0.4, -0.2) is 77.2 Å². The maximum Gasteiger partial charge on any atom is 0.490 e. The largest absolute Gasteiger partial charge is 0.493 e. The molecule has 1 fully saturated rings. The molecule has 4 rings (SSSR count). The summed E-state index contributed by atoms with van der Waals surface area (Å²) in [5, 5.41) is 17.4. The van der Waals surface area contributed by atoms with Crippen molar-refractivity contribution in [3.63, 3.8) is 0 Å². The van der Waals surface area contributed by atoms with Gasteiger partial charge in [-0.2, -0.15) is 13.2 Å². The molecule has 1 aliphatic heterocycles. The van der Waals surface area contributed by atoms with Crippen molar-refractivity contribution in [1.82, 2.24) is 9.88 Å². The third-order valence-electron chi connectivity index (χ3n) is 6.06. The molecule has 1 saturated heterocycles. The predicted octanol–water partition coefficient (Wildman–Crippen LogP) is 4.45. The van der Waals surface area contributed by atoms with Crippen molar-refractivity contribution in [2.45, 2.75) is 19.0 Å². The van der Waals surface area contributed by atoms with Gasteiger partial charge in [-0.3, -0.25) is 14.6 Å². The maximum atomic E-state index is 13.4. The van der Waals surface area contributed by atoms with Crippen molar-refractivity contribution < 1.29 is 52.0 Å². The molecule has 3 aromatic rings. The number of carbonyl (C=O) groups excluding carboxylic acids is 2. The molecule has 0 aliphatic carbocycles. The first-order valence-corrected chi connectivity index (χ1v) is 12.1. The highest BCUT2D eigenvalue weighted by atomic mass is 19.4. The fourth-order valence-electron chi connectivity index (χ4n) is 4.05. The van der Waals surface area contributed by atoms with E-state index in [1.54, 1.807) is 41.3 Å². The van der Waals surface area contributed by atoms with Crippen LogP contribution in [0.2, 0.25) is 0 Å². The summed E-state index contributed by atoms with van der Waals surface area (Å²) in [5.74, 6) is -3.66. The van der Waals surface area contributed by atoms with E-state index in [1.807, 2.05) is 0 Å². The van der Waals surface area contributed by atoms with E-state index in [-0.39, 0.29) is 22.9 Å². The number of pyridine rings is 1.